The quantitative estimate of drug-likeness (QED) is 0.711. The Labute approximate surface area is 164 Å². The summed E-state index contributed by atoms with van der Waals surface area (Å²) in [6.45, 7) is 10.0. The first-order valence-corrected chi connectivity index (χ1v) is 9.64. The number of benzene rings is 1. The maximum atomic E-state index is 12.9. The number of aromatic nitrogens is 4. The second kappa shape index (κ2) is 7.96. The summed E-state index contributed by atoms with van der Waals surface area (Å²) < 4.78 is 1.30. The van der Waals surface area contributed by atoms with Crippen molar-refractivity contribution in [3.05, 3.63) is 57.0 Å². The van der Waals surface area contributed by atoms with E-state index in [1.807, 2.05) is 26.0 Å². The molecule has 0 saturated carbocycles. The molecule has 1 N–H and O–H groups in total. The van der Waals surface area contributed by atoms with Crippen LogP contribution in [0.4, 0.5) is 5.95 Å². The van der Waals surface area contributed by atoms with Crippen molar-refractivity contribution in [2.24, 2.45) is 5.92 Å². The predicted octanol–water partition coefficient (Wildman–Crippen LogP) is 3.18. The van der Waals surface area contributed by atoms with Crippen LogP contribution in [0.2, 0.25) is 0 Å². The molecule has 7 heteroatoms. The summed E-state index contributed by atoms with van der Waals surface area (Å²) in [7, 11) is 0. The average molecular weight is 381 g/mol. The highest BCUT2D eigenvalue weighted by atomic mass is 16.2. The molecule has 1 aromatic carbocycles. The molecule has 0 unspecified atom stereocenters. The molecule has 28 heavy (non-hydrogen) atoms. The minimum absolute atomic E-state index is 0.0462. The number of aromatic amines is 1. The van der Waals surface area contributed by atoms with E-state index >= 15 is 0 Å². The van der Waals surface area contributed by atoms with E-state index in [-0.39, 0.29) is 23.2 Å². The molecule has 0 saturated heterocycles. The van der Waals surface area contributed by atoms with Gasteiger partial charge in [0, 0.05) is 17.7 Å². The summed E-state index contributed by atoms with van der Waals surface area (Å²) in [5.41, 5.74) is 3.24. The molecule has 2 heterocycles. The van der Waals surface area contributed by atoms with Gasteiger partial charge in [0.25, 0.3) is 11.3 Å². The third-order valence-corrected chi connectivity index (χ3v) is 4.86. The van der Waals surface area contributed by atoms with Crippen LogP contribution in [0.15, 0.2) is 29.1 Å². The lowest BCUT2D eigenvalue weighted by Gasteiger charge is -2.21. The van der Waals surface area contributed by atoms with Crippen molar-refractivity contribution in [3.63, 3.8) is 0 Å². The van der Waals surface area contributed by atoms with Gasteiger partial charge in [0.2, 0.25) is 11.9 Å². The van der Waals surface area contributed by atoms with Gasteiger partial charge in [0.15, 0.2) is 0 Å². The van der Waals surface area contributed by atoms with Crippen molar-refractivity contribution < 1.29 is 4.79 Å². The minimum Gasteiger partial charge on any atom is -0.277 e. The van der Waals surface area contributed by atoms with E-state index in [0.717, 1.165) is 12.0 Å². The van der Waals surface area contributed by atoms with Gasteiger partial charge in [0.1, 0.15) is 0 Å². The first-order valence-electron chi connectivity index (χ1n) is 9.64. The van der Waals surface area contributed by atoms with Gasteiger partial charge >= 0.3 is 0 Å². The number of carbonyl (C=O) groups is 1. The normalized spacial score (nSPS) is 11.4. The van der Waals surface area contributed by atoms with Crippen molar-refractivity contribution in [1.29, 1.82) is 0 Å². The number of carbonyl (C=O) groups excluding carboxylic acids is 1. The molecule has 1 amide bonds. The third-order valence-electron chi connectivity index (χ3n) is 4.86. The summed E-state index contributed by atoms with van der Waals surface area (Å²) in [6.07, 6.45) is 1.36. The largest absolute Gasteiger partial charge is 0.277 e. The monoisotopic (exact) mass is 381 g/mol. The summed E-state index contributed by atoms with van der Waals surface area (Å²) >= 11 is 0. The maximum absolute atomic E-state index is 12.9. The Hall–Kier alpha value is -2.96. The van der Waals surface area contributed by atoms with Crippen molar-refractivity contribution in [3.8, 4) is 0 Å². The van der Waals surface area contributed by atoms with E-state index in [0.29, 0.717) is 30.2 Å². The van der Waals surface area contributed by atoms with Crippen LogP contribution in [0.25, 0.3) is 5.78 Å². The molecule has 0 aliphatic rings. The van der Waals surface area contributed by atoms with Crippen LogP contribution >= 0.6 is 0 Å². The molecule has 2 aromatic heterocycles. The zero-order chi connectivity index (χ0) is 20.4. The highest BCUT2D eigenvalue weighted by Crippen LogP contribution is 2.17. The summed E-state index contributed by atoms with van der Waals surface area (Å²) in [4.78, 5) is 35.8. The fraction of sp³-hybridized carbons (Fsp3) is 0.429. The number of hydrogen-bond acceptors (Lipinski definition) is 4. The van der Waals surface area contributed by atoms with Crippen molar-refractivity contribution in [1.82, 2.24) is 19.6 Å². The fourth-order valence-corrected chi connectivity index (χ4v) is 3.02. The van der Waals surface area contributed by atoms with E-state index in [4.69, 9.17) is 0 Å². The second-order valence-electron chi connectivity index (χ2n) is 7.56. The lowest BCUT2D eigenvalue weighted by atomic mass is 10.1. The molecular formula is C21H27N5O2. The highest BCUT2D eigenvalue weighted by Gasteiger charge is 2.22. The number of H-pyrrole nitrogens is 1. The van der Waals surface area contributed by atoms with Gasteiger partial charge in [-0.05, 0) is 37.3 Å². The molecule has 3 rings (SSSR count). The Balaban J connectivity index is 2.02. The highest BCUT2D eigenvalue weighted by molar-refractivity contribution is 5.91. The van der Waals surface area contributed by atoms with Gasteiger partial charge in [-0.3, -0.25) is 19.6 Å². The Morgan fingerprint density at radius 2 is 1.79 bits per heavy atom. The predicted molar refractivity (Wildman–Crippen MR) is 110 cm³/mol. The van der Waals surface area contributed by atoms with Crippen molar-refractivity contribution in [2.75, 3.05) is 4.90 Å². The van der Waals surface area contributed by atoms with E-state index in [2.05, 4.69) is 34.1 Å². The van der Waals surface area contributed by atoms with Gasteiger partial charge in [-0.1, -0.05) is 45.0 Å². The van der Waals surface area contributed by atoms with Crippen LogP contribution < -0.4 is 10.5 Å². The van der Waals surface area contributed by atoms with Gasteiger partial charge in [-0.25, -0.2) is 4.98 Å². The van der Waals surface area contributed by atoms with Crippen molar-refractivity contribution in [2.45, 2.75) is 54.0 Å². The minimum atomic E-state index is -0.204. The summed E-state index contributed by atoms with van der Waals surface area (Å²) in [6, 6.07) is 8.18. The van der Waals surface area contributed by atoms with Crippen molar-refractivity contribution >= 4 is 17.6 Å². The number of nitrogens with one attached hydrogen (secondary N) is 1. The van der Waals surface area contributed by atoms with Crippen LogP contribution in [0.1, 0.15) is 49.6 Å². The van der Waals surface area contributed by atoms with Crippen LogP contribution in [-0.4, -0.2) is 25.5 Å². The van der Waals surface area contributed by atoms with Crippen LogP contribution in [0.5, 0.6) is 0 Å². The Bertz CT molecular complexity index is 1050. The molecule has 0 atom stereocenters. The van der Waals surface area contributed by atoms with E-state index in [1.165, 1.54) is 10.1 Å². The fourth-order valence-electron chi connectivity index (χ4n) is 3.02. The molecule has 0 radical (unpaired) electrons. The van der Waals surface area contributed by atoms with E-state index in [9.17, 15) is 9.59 Å². The number of amides is 1. The van der Waals surface area contributed by atoms with Gasteiger partial charge in [0.05, 0.1) is 6.54 Å². The molecule has 148 valence electrons. The van der Waals surface area contributed by atoms with Gasteiger partial charge in [-0.15, -0.1) is 0 Å². The summed E-state index contributed by atoms with van der Waals surface area (Å²) in [5, 5.41) is 2.96. The Morgan fingerprint density at radius 1 is 1.14 bits per heavy atom. The molecule has 0 aliphatic heterocycles. The number of rotatable bonds is 6. The SMILES string of the molecule is CCc1ccc(CN(C(=O)CC(C)C)c2nc3nc(C)c(C)c(=O)n3[nH]2)cc1. The first kappa shape index (κ1) is 19.8. The summed E-state index contributed by atoms with van der Waals surface area (Å²) in [5.74, 6) is 0.772. The van der Waals surface area contributed by atoms with Crippen LogP contribution in [0.3, 0.4) is 0 Å². The Morgan fingerprint density at radius 3 is 2.39 bits per heavy atom. The zero-order valence-electron chi connectivity index (χ0n) is 17.1. The standard InChI is InChI=1S/C21H27N5O2/c1-6-16-7-9-17(10-8-16)12-25(18(27)11-13(2)3)21-23-20-22-15(5)14(4)19(28)26(20)24-21/h7-10,13H,6,11-12H2,1-5H3,(H,22,23,24). The molecule has 0 spiro atoms. The number of hydrogen-bond donors (Lipinski definition) is 1. The number of fused-ring (bicyclic) bond motifs is 1. The topological polar surface area (TPSA) is 83.4 Å². The van der Waals surface area contributed by atoms with Gasteiger partial charge in [-0.2, -0.15) is 9.50 Å². The number of anilines is 1. The molecule has 0 bridgehead atoms. The number of nitrogens with zero attached hydrogens (tertiary/aromatic N) is 4. The molecule has 3 aromatic rings. The van der Waals surface area contributed by atoms with E-state index < -0.39 is 0 Å². The first-order chi connectivity index (χ1) is 13.3. The van der Waals surface area contributed by atoms with E-state index in [1.54, 1.807) is 18.7 Å². The molecular weight excluding hydrogens is 354 g/mol. The van der Waals surface area contributed by atoms with Gasteiger partial charge < -0.3 is 0 Å². The third kappa shape index (κ3) is 3.98. The smallest absolute Gasteiger partial charge is 0.277 e. The molecule has 0 aliphatic carbocycles. The number of aryl methyl sites for hydroxylation is 2. The molecule has 7 nitrogen and oxygen atoms in total. The zero-order valence-corrected chi connectivity index (χ0v) is 17.1. The van der Waals surface area contributed by atoms with Crippen LogP contribution in [0, 0.1) is 19.8 Å². The lowest BCUT2D eigenvalue weighted by molar-refractivity contribution is -0.119. The second-order valence-corrected chi connectivity index (χ2v) is 7.56. The Kier molecular flexibility index (Phi) is 5.63. The van der Waals surface area contributed by atoms with Crippen LogP contribution in [-0.2, 0) is 17.8 Å². The molecule has 0 fully saturated rings. The average Bonchev–Trinajstić information content (AvgIpc) is 3.07. The lowest BCUT2D eigenvalue weighted by Crippen LogP contribution is -2.32. The maximum Gasteiger partial charge on any atom is 0.277 e.